The van der Waals surface area contributed by atoms with Gasteiger partial charge in [-0.15, -0.1) is 0 Å². The molecule has 3 nitrogen and oxygen atoms in total. The Kier molecular flexibility index (Phi) is 2.80. The number of allylic oxidation sites excluding steroid dienone is 1. The molecular weight excluding hydrogens is 176 g/mol. The number of hydrogen-bond donors (Lipinski definition) is 1. The van der Waals surface area contributed by atoms with Crippen molar-refractivity contribution in [1.29, 1.82) is 0 Å². The Bertz CT molecular complexity index is 318. The van der Waals surface area contributed by atoms with Crippen LogP contribution in [0.15, 0.2) is 23.0 Å². The van der Waals surface area contributed by atoms with Gasteiger partial charge < -0.3 is 5.32 Å². The van der Waals surface area contributed by atoms with Crippen molar-refractivity contribution in [3.8, 4) is 0 Å². The van der Waals surface area contributed by atoms with Gasteiger partial charge in [-0.25, -0.2) is 9.79 Å². The number of carbonyl (C=O) groups excluding carboxylic acids is 1. The molecule has 0 spiro atoms. The highest BCUT2D eigenvalue weighted by Gasteiger charge is 2.20. The van der Waals surface area contributed by atoms with Crippen LogP contribution in [0.5, 0.6) is 0 Å². The van der Waals surface area contributed by atoms with Crippen LogP contribution in [0.4, 0.5) is 0 Å². The van der Waals surface area contributed by atoms with Crippen LogP contribution >= 0.6 is 0 Å². The summed E-state index contributed by atoms with van der Waals surface area (Å²) in [7, 11) is 0. The second-order valence-electron chi connectivity index (χ2n) is 3.81. The van der Waals surface area contributed by atoms with Crippen molar-refractivity contribution in [1.82, 2.24) is 5.32 Å². The molecule has 1 heterocycles. The summed E-state index contributed by atoms with van der Waals surface area (Å²) in [5.41, 5.74) is 0.501. The van der Waals surface area contributed by atoms with Crippen molar-refractivity contribution in [2.24, 2.45) is 10.9 Å². The first-order valence-electron chi connectivity index (χ1n) is 5.16. The molecule has 1 saturated carbocycles. The Hall–Kier alpha value is -1.34. The first-order valence-corrected chi connectivity index (χ1v) is 5.16. The molecule has 74 valence electrons. The summed E-state index contributed by atoms with van der Waals surface area (Å²) in [5, 5.41) is 3.03. The summed E-state index contributed by atoms with van der Waals surface area (Å²) in [6, 6.07) is 0. The first kappa shape index (κ1) is 9.22. The number of amidine groups is 1. The van der Waals surface area contributed by atoms with E-state index >= 15 is 0 Å². The normalized spacial score (nSPS) is 22.6. The van der Waals surface area contributed by atoms with Gasteiger partial charge in [0, 0.05) is 12.1 Å². The predicted molar refractivity (Wildman–Crippen MR) is 55.5 cm³/mol. The van der Waals surface area contributed by atoms with Crippen molar-refractivity contribution < 1.29 is 4.79 Å². The molecule has 0 radical (unpaired) electrons. The number of nitrogens with zero attached hydrogens (tertiary/aromatic N) is 1. The Balaban J connectivity index is 2.07. The van der Waals surface area contributed by atoms with Crippen LogP contribution in [-0.2, 0) is 4.79 Å². The molecule has 1 N–H and O–H groups in total. The molecule has 0 saturated heterocycles. The van der Waals surface area contributed by atoms with Gasteiger partial charge in [0.1, 0.15) is 11.5 Å². The lowest BCUT2D eigenvalue weighted by Gasteiger charge is -2.24. The lowest BCUT2D eigenvalue weighted by molar-refractivity contribution is 0.433. The zero-order valence-corrected chi connectivity index (χ0v) is 8.12. The van der Waals surface area contributed by atoms with E-state index in [2.05, 4.69) is 10.3 Å². The average Bonchev–Trinajstić information content (AvgIpc) is 2.30. The van der Waals surface area contributed by atoms with Gasteiger partial charge >= 0.3 is 0 Å². The van der Waals surface area contributed by atoms with E-state index in [0.29, 0.717) is 11.6 Å². The Labute approximate surface area is 83.6 Å². The van der Waals surface area contributed by atoms with Crippen LogP contribution < -0.4 is 5.32 Å². The molecule has 2 rings (SSSR count). The van der Waals surface area contributed by atoms with Crippen molar-refractivity contribution in [3.63, 3.8) is 0 Å². The van der Waals surface area contributed by atoms with E-state index in [0.717, 1.165) is 5.84 Å². The highest BCUT2D eigenvalue weighted by atomic mass is 16.1. The zero-order valence-electron chi connectivity index (χ0n) is 8.12. The average molecular weight is 190 g/mol. The largest absolute Gasteiger partial charge is 0.334 e. The number of nitrogens with one attached hydrogen (secondary N) is 1. The number of aliphatic imine (C=N–C) groups is 1. The third kappa shape index (κ3) is 1.94. The van der Waals surface area contributed by atoms with Crippen LogP contribution in [0.2, 0.25) is 0 Å². The standard InChI is InChI=1S/C11H14N2O/c14-8-10-6-7-12-11(13-10)9-4-2-1-3-5-9/h6-7,9H,1-5H2,(H,12,13). The minimum atomic E-state index is 0.501. The van der Waals surface area contributed by atoms with Crippen LogP contribution in [0.25, 0.3) is 0 Å². The van der Waals surface area contributed by atoms with E-state index in [1.165, 1.54) is 32.1 Å². The predicted octanol–water partition coefficient (Wildman–Crippen LogP) is 1.80. The molecule has 0 aromatic carbocycles. The zero-order chi connectivity index (χ0) is 9.80. The lowest BCUT2D eigenvalue weighted by atomic mass is 9.88. The van der Waals surface area contributed by atoms with E-state index in [1.807, 2.05) is 5.94 Å². The molecule has 0 aromatic rings. The lowest BCUT2D eigenvalue weighted by Crippen LogP contribution is -2.32. The number of hydrogen-bond acceptors (Lipinski definition) is 3. The summed E-state index contributed by atoms with van der Waals surface area (Å²) >= 11 is 0. The minimum Gasteiger partial charge on any atom is -0.334 e. The van der Waals surface area contributed by atoms with Gasteiger partial charge in [-0.2, -0.15) is 0 Å². The van der Waals surface area contributed by atoms with Gasteiger partial charge in [-0.05, 0) is 18.9 Å². The smallest absolute Gasteiger partial charge is 0.150 e. The molecule has 0 bridgehead atoms. The third-order valence-electron chi connectivity index (χ3n) is 2.82. The van der Waals surface area contributed by atoms with Crippen LogP contribution in [-0.4, -0.2) is 11.8 Å². The van der Waals surface area contributed by atoms with E-state index in [-0.39, 0.29) is 0 Å². The van der Waals surface area contributed by atoms with Crippen molar-refractivity contribution >= 4 is 11.8 Å². The minimum absolute atomic E-state index is 0.501. The van der Waals surface area contributed by atoms with Gasteiger partial charge in [-0.1, -0.05) is 19.3 Å². The summed E-state index contributed by atoms with van der Waals surface area (Å²) in [6.07, 6.45) is 9.58. The Morgan fingerprint density at radius 1 is 1.36 bits per heavy atom. The van der Waals surface area contributed by atoms with Gasteiger partial charge in [0.25, 0.3) is 0 Å². The van der Waals surface area contributed by atoms with E-state index in [4.69, 9.17) is 0 Å². The molecule has 1 fully saturated rings. The van der Waals surface area contributed by atoms with E-state index in [9.17, 15) is 4.79 Å². The Morgan fingerprint density at radius 2 is 2.14 bits per heavy atom. The fraction of sp³-hybridized carbons (Fsp3) is 0.545. The first-order chi connectivity index (χ1) is 6.90. The molecule has 14 heavy (non-hydrogen) atoms. The highest BCUT2D eigenvalue weighted by Crippen LogP contribution is 2.25. The fourth-order valence-corrected chi connectivity index (χ4v) is 2.05. The summed E-state index contributed by atoms with van der Waals surface area (Å²) < 4.78 is 0. The second-order valence-corrected chi connectivity index (χ2v) is 3.81. The molecule has 1 aliphatic carbocycles. The fourth-order valence-electron chi connectivity index (χ4n) is 2.05. The molecule has 0 unspecified atom stereocenters. The van der Waals surface area contributed by atoms with Crippen molar-refractivity contribution in [2.45, 2.75) is 32.1 Å². The van der Waals surface area contributed by atoms with Gasteiger partial charge in [0.05, 0.1) is 0 Å². The molecule has 0 amide bonds. The van der Waals surface area contributed by atoms with E-state index < -0.39 is 0 Å². The van der Waals surface area contributed by atoms with Crippen LogP contribution in [0.1, 0.15) is 32.1 Å². The SMILES string of the molecule is O=C=C1C=CN=C(C2CCCCC2)N1. The maximum absolute atomic E-state index is 10.5. The van der Waals surface area contributed by atoms with Crippen LogP contribution in [0, 0.1) is 5.92 Å². The maximum Gasteiger partial charge on any atom is 0.150 e. The molecule has 3 heteroatoms. The van der Waals surface area contributed by atoms with Gasteiger partial charge in [0.15, 0.2) is 5.94 Å². The van der Waals surface area contributed by atoms with Crippen molar-refractivity contribution in [3.05, 3.63) is 18.0 Å². The van der Waals surface area contributed by atoms with E-state index in [1.54, 1.807) is 12.3 Å². The number of rotatable bonds is 1. The molecule has 0 atom stereocenters. The molecule has 0 aromatic heterocycles. The summed E-state index contributed by atoms with van der Waals surface area (Å²) in [6.45, 7) is 0. The molecule has 1 aliphatic heterocycles. The van der Waals surface area contributed by atoms with Gasteiger partial charge in [-0.3, -0.25) is 0 Å². The Morgan fingerprint density at radius 3 is 2.86 bits per heavy atom. The topological polar surface area (TPSA) is 41.5 Å². The highest BCUT2D eigenvalue weighted by molar-refractivity contribution is 5.89. The van der Waals surface area contributed by atoms with Crippen LogP contribution in [0.3, 0.4) is 0 Å². The van der Waals surface area contributed by atoms with Gasteiger partial charge in [0.2, 0.25) is 0 Å². The summed E-state index contributed by atoms with van der Waals surface area (Å²) in [4.78, 5) is 14.7. The monoisotopic (exact) mass is 190 g/mol. The second kappa shape index (κ2) is 4.25. The quantitative estimate of drug-likeness (QED) is 0.640. The maximum atomic E-state index is 10.5. The molecule has 2 aliphatic rings. The third-order valence-corrected chi connectivity index (χ3v) is 2.82. The molecular formula is C11H14N2O. The summed E-state index contributed by atoms with van der Waals surface area (Å²) in [5.74, 6) is 3.32. The van der Waals surface area contributed by atoms with Crippen molar-refractivity contribution in [2.75, 3.05) is 0 Å².